The monoisotopic (exact) mass is 339 g/mol. The highest BCUT2D eigenvalue weighted by atomic mass is 16.5. The second-order valence-corrected chi connectivity index (χ2v) is 6.16. The van der Waals surface area contributed by atoms with Crippen LogP contribution in [0.5, 0.6) is 0 Å². The van der Waals surface area contributed by atoms with E-state index in [9.17, 15) is 14.7 Å². The first-order valence-corrected chi connectivity index (χ1v) is 8.37. The summed E-state index contributed by atoms with van der Waals surface area (Å²) >= 11 is 0. The molecule has 0 aliphatic carbocycles. The van der Waals surface area contributed by atoms with E-state index in [2.05, 4.69) is 0 Å². The average molecular weight is 339 g/mol. The summed E-state index contributed by atoms with van der Waals surface area (Å²) < 4.78 is 5.88. The number of carboxylic acid groups (broad SMARTS) is 1. The summed E-state index contributed by atoms with van der Waals surface area (Å²) in [5, 5.41) is 9.70. The number of carbonyl (C=O) groups is 2. The van der Waals surface area contributed by atoms with Crippen LogP contribution < -0.4 is 0 Å². The van der Waals surface area contributed by atoms with Gasteiger partial charge in [-0.05, 0) is 17.5 Å². The van der Waals surface area contributed by atoms with Crippen LogP contribution in [-0.2, 0) is 27.5 Å². The smallest absolute Gasteiger partial charge is 0.329 e. The molecule has 25 heavy (non-hydrogen) atoms. The number of carbonyl (C=O) groups excluding carboxylic acids is 1. The second kappa shape index (κ2) is 7.94. The van der Waals surface area contributed by atoms with Gasteiger partial charge in [0, 0.05) is 13.0 Å². The van der Waals surface area contributed by atoms with Gasteiger partial charge in [0.2, 0.25) is 5.91 Å². The predicted octanol–water partition coefficient (Wildman–Crippen LogP) is 2.85. The van der Waals surface area contributed by atoms with E-state index in [0.717, 1.165) is 11.1 Å². The number of amides is 1. The number of piperidine rings is 1. The van der Waals surface area contributed by atoms with Crippen LogP contribution in [0.3, 0.4) is 0 Å². The summed E-state index contributed by atoms with van der Waals surface area (Å²) in [6.45, 7) is 0.616. The van der Waals surface area contributed by atoms with Crippen molar-refractivity contribution in [3.05, 3.63) is 71.8 Å². The highest BCUT2D eigenvalue weighted by Gasteiger charge is 2.41. The van der Waals surface area contributed by atoms with Crippen molar-refractivity contribution in [3.63, 3.8) is 0 Å². The molecular weight excluding hydrogens is 318 g/mol. The van der Waals surface area contributed by atoms with Crippen LogP contribution in [0.25, 0.3) is 0 Å². The fraction of sp³-hybridized carbons (Fsp3) is 0.300. The molecule has 0 unspecified atom stereocenters. The number of hydrogen-bond acceptors (Lipinski definition) is 3. The van der Waals surface area contributed by atoms with Crippen molar-refractivity contribution in [1.82, 2.24) is 4.90 Å². The minimum Gasteiger partial charge on any atom is -0.480 e. The molecule has 1 fully saturated rings. The molecule has 0 bridgehead atoms. The molecule has 1 aliphatic rings. The zero-order valence-electron chi connectivity index (χ0n) is 13.9. The molecule has 5 heteroatoms. The second-order valence-electron chi connectivity index (χ2n) is 6.16. The van der Waals surface area contributed by atoms with Crippen LogP contribution in [0, 0.1) is 0 Å². The van der Waals surface area contributed by atoms with Gasteiger partial charge in [-0.2, -0.15) is 0 Å². The molecular formula is C20H21NO4. The SMILES string of the molecule is O=C(O)[C@@H]1[C@@H](OCc2ccccc2)CCC(=O)N1Cc1ccccc1. The zero-order valence-corrected chi connectivity index (χ0v) is 13.9. The molecule has 3 rings (SSSR count). The Morgan fingerprint density at radius 1 is 1.04 bits per heavy atom. The van der Waals surface area contributed by atoms with E-state index >= 15 is 0 Å². The summed E-state index contributed by atoms with van der Waals surface area (Å²) in [7, 11) is 0. The minimum absolute atomic E-state index is 0.143. The maximum atomic E-state index is 12.3. The summed E-state index contributed by atoms with van der Waals surface area (Å²) in [4.78, 5) is 25.6. The van der Waals surface area contributed by atoms with Gasteiger partial charge in [-0.25, -0.2) is 4.79 Å². The Kier molecular flexibility index (Phi) is 5.46. The molecule has 2 aromatic rings. The molecule has 2 atom stereocenters. The normalized spacial score (nSPS) is 20.5. The van der Waals surface area contributed by atoms with Crippen LogP contribution in [-0.4, -0.2) is 34.0 Å². The fourth-order valence-corrected chi connectivity index (χ4v) is 3.13. The Labute approximate surface area is 146 Å². The summed E-state index contributed by atoms with van der Waals surface area (Å²) in [5.41, 5.74) is 1.89. The molecule has 0 radical (unpaired) electrons. The van der Waals surface area contributed by atoms with Crippen molar-refractivity contribution in [3.8, 4) is 0 Å². The van der Waals surface area contributed by atoms with Gasteiger partial charge in [0.25, 0.3) is 0 Å². The van der Waals surface area contributed by atoms with Gasteiger partial charge in [0.1, 0.15) is 0 Å². The van der Waals surface area contributed by atoms with Gasteiger partial charge in [-0.15, -0.1) is 0 Å². The van der Waals surface area contributed by atoms with Crippen LogP contribution in [0.15, 0.2) is 60.7 Å². The lowest BCUT2D eigenvalue weighted by molar-refractivity contribution is -0.165. The third-order valence-corrected chi connectivity index (χ3v) is 4.41. The third kappa shape index (κ3) is 4.25. The minimum atomic E-state index is -1.03. The molecule has 1 saturated heterocycles. The lowest BCUT2D eigenvalue weighted by atomic mass is 9.97. The quantitative estimate of drug-likeness (QED) is 0.879. The average Bonchev–Trinajstić information content (AvgIpc) is 2.63. The summed E-state index contributed by atoms with van der Waals surface area (Å²) in [5.74, 6) is -1.17. The van der Waals surface area contributed by atoms with Crippen molar-refractivity contribution < 1.29 is 19.4 Å². The molecule has 0 spiro atoms. The number of hydrogen-bond donors (Lipinski definition) is 1. The first-order chi connectivity index (χ1) is 12.1. The molecule has 1 aliphatic heterocycles. The van der Waals surface area contributed by atoms with E-state index in [1.807, 2.05) is 60.7 Å². The molecule has 0 saturated carbocycles. The van der Waals surface area contributed by atoms with Crippen LogP contribution in [0.4, 0.5) is 0 Å². The number of aliphatic carboxylic acids is 1. The van der Waals surface area contributed by atoms with Gasteiger partial charge < -0.3 is 14.7 Å². The highest BCUT2D eigenvalue weighted by molar-refractivity contribution is 5.85. The van der Waals surface area contributed by atoms with Crippen LogP contribution in [0.2, 0.25) is 0 Å². The van der Waals surface area contributed by atoms with Gasteiger partial charge in [0.15, 0.2) is 6.04 Å². The van der Waals surface area contributed by atoms with E-state index in [4.69, 9.17) is 4.74 Å². The highest BCUT2D eigenvalue weighted by Crippen LogP contribution is 2.25. The summed E-state index contributed by atoms with van der Waals surface area (Å²) in [6, 6.07) is 18.1. The Hall–Kier alpha value is -2.66. The predicted molar refractivity (Wildman–Crippen MR) is 92.7 cm³/mol. The molecule has 1 amide bonds. The van der Waals surface area contributed by atoms with Crippen molar-refractivity contribution in [1.29, 1.82) is 0 Å². The third-order valence-electron chi connectivity index (χ3n) is 4.41. The Bertz CT molecular complexity index is 717. The molecule has 1 heterocycles. The molecule has 130 valence electrons. The number of carboxylic acids is 1. The van der Waals surface area contributed by atoms with Crippen LogP contribution >= 0.6 is 0 Å². The maximum absolute atomic E-state index is 12.3. The fourth-order valence-electron chi connectivity index (χ4n) is 3.13. The summed E-state index contributed by atoms with van der Waals surface area (Å²) in [6.07, 6.45) is 0.211. The first-order valence-electron chi connectivity index (χ1n) is 8.37. The van der Waals surface area contributed by atoms with E-state index in [0.29, 0.717) is 19.4 Å². The lowest BCUT2D eigenvalue weighted by Gasteiger charge is -2.38. The molecule has 1 N–H and O–H groups in total. The van der Waals surface area contributed by atoms with E-state index in [1.54, 1.807) is 0 Å². The number of benzene rings is 2. The first kappa shape index (κ1) is 17.2. The molecule has 0 aromatic heterocycles. The van der Waals surface area contributed by atoms with Gasteiger partial charge in [-0.1, -0.05) is 60.7 Å². The van der Waals surface area contributed by atoms with Crippen molar-refractivity contribution >= 4 is 11.9 Å². The van der Waals surface area contributed by atoms with Crippen molar-refractivity contribution in [2.24, 2.45) is 0 Å². The van der Waals surface area contributed by atoms with Gasteiger partial charge in [-0.3, -0.25) is 4.79 Å². The number of likely N-dealkylation sites (tertiary alicyclic amines) is 1. The number of nitrogens with zero attached hydrogens (tertiary/aromatic N) is 1. The van der Waals surface area contributed by atoms with E-state index < -0.39 is 18.1 Å². The van der Waals surface area contributed by atoms with Gasteiger partial charge in [0.05, 0.1) is 12.7 Å². The molecule has 2 aromatic carbocycles. The zero-order chi connectivity index (χ0) is 17.6. The number of rotatable bonds is 6. The van der Waals surface area contributed by atoms with Crippen molar-refractivity contribution in [2.75, 3.05) is 0 Å². The lowest BCUT2D eigenvalue weighted by Crippen LogP contribution is -2.55. The Morgan fingerprint density at radius 3 is 2.24 bits per heavy atom. The van der Waals surface area contributed by atoms with Crippen LogP contribution in [0.1, 0.15) is 24.0 Å². The standard InChI is InChI=1S/C20H21NO4/c22-18-12-11-17(25-14-16-9-5-2-6-10-16)19(20(23)24)21(18)13-15-7-3-1-4-8-15/h1-10,17,19H,11-14H2,(H,23,24)/t17-,19-/m0/s1. The van der Waals surface area contributed by atoms with E-state index in [-0.39, 0.29) is 12.5 Å². The Balaban J connectivity index is 1.74. The van der Waals surface area contributed by atoms with Crippen molar-refractivity contribution in [2.45, 2.75) is 38.1 Å². The Morgan fingerprint density at radius 2 is 1.64 bits per heavy atom. The van der Waals surface area contributed by atoms with Gasteiger partial charge >= 0.3 is 5.97 Å². The number of ether oxygens (including phenoxy) is 1. The maximum Gasteiger partial charge on any atom is 0.329 e. The molecule has 5 nitrogen and oxygen atoms in total. The van der Waals surface area contributed by atoms with E-state index in [1.165, 1.54) is 4.90 Å². The largest absolute Gasteiger partial charge is 0.480 e. The topological polar surface area (TPSA) is 66.8 Å².